The minimum absolute atomic E-state index is 0.210. The van der Waals surface area contributed by atoms with Crippen molar-refractivity contribution in [1.29, 1.82) is 0 Å². The summed E-state index contributed by atoms with van der Waals surface area (Å²) in [5.74, 6) is -3.44. The van der Waals surface area contributed by atoms with Crippen molar-refractivity contribution in [2.45, 2.75) is 77.4 Å². The highest BCUT2D eigenvalue weighted by Crippen LogP contribution is 2.32. The van der Waals surface area contributed by atoms with Crippen molar-refractivity contribution in [3.8, 4) is 0 Å². The summed E-state index contributed by atoms with van der Waals surface area (Å²) < 4.78 is 2.62. The molecule has 1 aliphatic heterocycles. The summed E-state index contributed by atoms with van der Waals surface area (Å²) in [5, 5.41) is 17.9. The largest absolute Gasteiger partial charge is 0.473 e. The molecule has 2 aliphatic carbocycles. The van der Waals surface area contributed by atoms with Gasteiger partial charge in [0.1, 0.15) is 0 Å². The van der Waals surface area contributed by atoms with Crippen molar-refractivity contribution < 1.29 is 24.6 Å². The summed E-state index contributed by atoms with van der Waals surface area (Å²) in [4.78, 5) is 35.1. The van der Waals surface area contributed by atoms with E-state index in [0.29, 0.717) is 18.6 Å². The Labute approximate surface area is 195 Å². The lowest BCUT2D eigenvalue weighted by molar-refractivity contribution is -0.159. The van der Waals surface area contributed by atoms with Crippen LogP contribution in [0.5, 0.6) is 0 Å². The van der Waals surface area contributed by atoms with Crippen molar-refractivity contribution in [3.05, 3.63) is 23.0 Å². The molecule has 0 bridgehead atoms. The molecule has 9 nitrogen and oxygen atoms in total. The van der Waals surface area contributed by atoms with Gasteiger partial charge in [-0.05, 0) is 51.2 Å². The van der Waals surface area contributed by atoms with Gasteiger partial charge < -0.3 is 20.1 Å². The maximum absolute atomic E-state index is 12.0. The highest BCUT2D eigenvalue weighted by atomic mass is 16.4. The van der Waals surface area contributed by atoms with Crippen LogP contribution in [-0.4, -0.2) is 81.2 Å². The second-order valence-electron chi connectivity index (χ2n) is 9.56. The molecule has 0 spiro atoms. The van der Waals surface area contributed by atoms with Gasteiger partial charge in [-0.25, -0.2) is 9.59 Å². The number of carbonyl (C=O) groups is 3. The van der Waals surface area contributed by atoms with Gasteiger partial charge in [0.2, 0.25) is 5.91 Å². The van der Waals surface area contributed by atoms with Crippen LogP contribution in [0, 0.1) is 13.8 Å². The Hall–Kier alpha value is -2.39. The fourth-order valence-electron chi connectivity index (χ4n) is 4.96. The van der Waals surface area contributed by atoms with Gasteiger partial charge in [0, 0.05) is 56.2 Å². The first kappa shape index (κ1) is 25.2. The van der Waals surface area contributed by atoms with Gasteiger partial charge >= 0.3 is 11.9 Å². The van der Waals surface area contributed by atoms with Crippen LogP contribution in [0.4, 0.5) is 0 Å². The molecule has 0 radical (unpaired) electrons. The predicted octanol–water partition coefficient (Wildman–Crippen LogP) is 2.16. The smallest absolute Gasteiger partial charge is 0.414 e. The van der Waals surface area contributed by atoms with E-state index in [1.165, 1.54) is 61.9 Å². The molecule has 4 rings (SSSR count). The number of carboxylic acid groups (broad SMARTS) is 2. The lowest BCUT2D eigenvalue weighted by Crippen LogP contribution is -2.49. The first-order chi connectivity index (χ1) is 15.7. The van der Waals surface area contributed by atoms with Crippen LogP contribution < -0.4 is 5.32 Å². The fraction of sp³-hybridized carbons (Fsp3) is 0.708. The molecule has 1 amide bonds. The van der Waals surface area contributed by atoms with Crippen molar-refractivity contribution in [3.63, 3.8) is 0 Å². The third-order valence-electron chi connectivity index (χ3n) is 6.88. The number of piperazine rings is 1. The van der Waals surface area contributed by atoms with Gasteiger partial charge in [-0.2, -0.15) is 0 Å². The molecule has 33 heavy (non-hydrogen) atoms. The zero-order valence-electron chi connectivity index (χ0n) is 19.9. The average molecular weight is 463 g/mol. The van der Waals surface area contributed by atoms with Gasteiger partial charge in [0.15, 0.2) is 0 Å². The molecule has 2 heterocycles. The topological polar surface area (TPSA) is 115 Å². The van der Waals surface area contributed by atoms with Crippen LogP contribution in [0.2, 0.25) is 0 Å². The van der Waals surface area contributed by atoms with Crippen molar-refractivity contribution >= 4 is 17.8 Å². The Morgan fingerprint density at radius 2 is 1.48 bits per heavy atom. The third kappa shape index (κ3) is 7.57. The number of carbonyl (C=O) groups excluding carboxylic acids is 1. The average Bonchev–Trinajstić information content (AvgIpc) is 3.54. The molecular weight excluding hydrogens is 424 g/mol. The lowest BCUT2D eigenvalue weighted by atomic mass is 9.95. The van der Waals surface area contributed by atoms with Crippen LogP contribution in [0.25, 0.3) is 0 Å². The Morgan fingerprint density at radius 3 is 2.03 bits per heavy atom. The number of rotatable bonds is 6. The van der Waals surface area contributed by atoms with E-state index in [2.05, 4.69) is 39.6 Å². The first-order valence-electron chi connectivity index (χ1n) is 12.1. The number of hydrogen-bond acceptors (Lipinski definition) is 5. The number of aromatic nitrogens is 1. The molecule has 1 saturated heterocycles. The Bertz CT molecular complexity index is 822. The van der Waals surface area contributed by atoms with Gasteiger partial charge in [-0.3, -0.25) is 14.6 Å². The molecule has 9 heteroatoms. The summed E-state index contributed by atoms with van der Waals surface area (Å²) in [6.07, 6.45) is 9.19. The van der Waals surface area contributed by atoms with Crippen LogP contribution in [0.15, 0.2) is 6.07 Å². The van der Waals surface area contributed by atoms with Crippen LogP contribution in [-0.2, 0) is 20.9 Å². The number of nitrogens with zero attached hydrogens (tertiary/aromatic N) is 3. The summed E-state index contributed by atoms with van der Waals surface area (Å²) in [6.45, 7) is 10.3. The quantitative estimate of drug-likeness (QED) is 0.555. The van der Waals surface area contributed by atoms with E-state index < -0.39 is 11.9 Å². The first-order valence-corrected chi connectivity index (χ1v) is 12.1. The van der Waals surface area contributed by atoms with Crippen molar-refractivity contribution in [2.24, 2.45) is 0 Å². The molecular formula is C24H38N4O5. The number of carboxylic acids is 2. The number of hydrogen-bond donors (Lipinski definition) is 3. The summed E-state index contributed by atoms with van der Waals surface area (Å²) >= 11 is 0. The molecule has 3 aliphatic rings. The van der Waals surface area contributed by atoms with Gasteiger partial charge in [0.25, 0.3) is 0 Å². The molecule has 3 N–H and O–H groups in total. The highest BCUT2D eigenvalue weighted by Gasteiger charge is 2.26. The maximum atomic E-state index is 12.0. The molecule has 0 unspecified atom stereocenters. The molecule has 184 valence electrons. The Kier molecular flexibility index (Phi) is 8.91. The van der Waals surface area contributed by atoms with E-state index >= 15 is 0 Å². The second kappa shape index (κ2) is 11.7. The van der Waals surface area contributed by atoms with Crippen molar-refractivity contribution in [2.75, 3.05) is 32.7 Å². The summed E-state index contributed by atoms with van der Waals surface area (Å²) in [7, 11) is 0. The maximum Gasteiger partial charge on any atom is 0.414 e. The monoisotopic (exact) mass is 462 g/mol. The molecule has 1 aromatic heterocycles. The second-order valence-corrected chi connectivity index (χ2v) is 9.56. The SMILES string of the molecule is Cc1cc(CN2CCN(CC(=O)NC3CC3)CC2)c(C)n1C1CCCCC1.O=C(O)C(=O)O. The molecule has 0 aromatic carbocycles. The van der Waals surface area contributed by atoms with E-state index in [4.69, 9.17) is 19.8 Å². The van der Waals surface area contributed by atoms with Gasteiger partial charge in [-0.1, -0.05) is 19.3 Å². The third-order valence-corrected chi connectivity index (χ3v) is 6.88. The lowest BCUT2D eigenvalue weighted by Gasteiger charge is -2.34. The molecule has 2 saturated carbocycles. The Morgan fingerprint density at radius 1 is 0.909 bits per heavy atom. The Balaban J connectivity index is 0.000000454. The minimum atomic E-state index is -1.82. The fourth-order valence-corrected chi connectivity index (χ4v) is 4.96. The van der Waals surface area contributed by atoms with Gasteiger partial charge in [-0.15, -0.1) is 0 Å². The number of nitrogens with one attached hydrogen (secondary N) is 1. The zero-order valence-corrected chi connectivity index (χ0v) is 19.9. The number of aryl methyl sites for hydroxylation is 1. The van der Waals surface area contributed by atoms with Crippen LogP contribution >= 0.6 is 0 Å². The van der Waals surface area contributed by atoms with Crippen LogP contribution in [0.1, 0.15) is 67.9 Å². The molecule has 0 atom stereocenters. The zero-order chi connectivity index (χ0) is 24.0. The van der Waals surface area contributed by atoms with E-state index in [1.807, 2.05) is 0 Å². The van der Waals surface area contributed by atoms with E-state index in [-0.39, 0.29) is 5.91 Å². The van der Waals surface area contributed by atoms with E-state index in [1.54, 1.807) is 0 Å². The number of amides is 1. The predicted molar refractivity (Wildman–Crippen MR) is 124 cm³/mol. The minimum Gasteiger partial charge on any atom is -0.473 e. The summed E-state index contributed by atoms with van der Waals surface area (Å²) in [6, 6.07) is 3.60. The standard InChI is InChI=1S/C22H36N4O.C2H2O4/c1-17-14-19(18(2)26(17)21-6-4-3-5-7-21)15-24-10-12-25(13-11-24)16-22(27)23-20-8-9-20;3-1(4)2(5)6/h14,20-21H,3-13,15-16H2,1-2H3,(H,23,27);(H,3,4)(H,5,6). The van der Waals surface area contributed by atoms with E-state index in [9.17, 15) is 4.79 Å². The highest BCUT2D eigenvalue weighted by molar-refractivity contribution is 6.27. The number of aliphatic carboxylic acids is 2. The van der Waals surface area contributed by atoms with Gasteiger partial charge in [0.05, 0.1) is 6.54 Å². The molecule has 3 fully saturated rings. The molecule has 1 aromatic rings. The summed E-state index contributed by atoms with van der Waals surface area (Å²) in [5.41, 5.74) is 4.41. The van der Waals surface area contributed by atoms with Crippen molar-refractivity contribution in [1.82, 2.24) is 19.7 Å². The normalized spacial score (nSPS) is 20.1. The van der Waals surface area contributed by atoms with E-state index in [0.717, 1.165) is 32.7 Å². The van der Waals surface area contributed by atoms with Crippen LogP contribution in [0.3, 0.4) is 0 Å².